The molecule has 7 nitrogen and oxygen atoms in total. The number of phenolic OH excluding ortho intramolecular Hbond substituents is 1. The molecule has 0 bridgehead atoms. The highest BCUT2D eigenvalue weighted by molar-refractivity contribution is 6.39. The molecule has 0 aromatic heterocycles. The number of hydrogen-bond acceptors (Lipinski definition) is 5. The van der Waals surface area contributed by atoms with E-state index < -0.39 is 35.8 Å². The zero-order chi connectivity index (χ0) is 21.6. The second-order valence-electron chi connectivity index (χ2n) is 5.32. The first kappa shape index (κ1) is 22.0. The van der Waals surface area contributed by atoms with Crippen molar-refractivity contribution in [1.29, 1.82) is 0 Å². The van der Waals surface area contributed by atoms with Gasteiger partial charge in [0.25, 0.3) is 0 Å². The Hall–Kier alpha value is -3.34. The van der Waals surface area contributed by atoms with Crippen molar-refractivity contribution in [3.05, 3.63) is 53.1 Å². The average molecular weight is 434 g/mol. The fourth-order valence-electron chi connectivity index (χ4n) is 1.87. The van der Waals surface area contributed by atoms with Crippen molar-refractivity contribution >= 4 is 35.3 Å². The zero-order valence-corrected chi connectivity index (χ0v) is 15.0. The van der Waals surface area contributed by atoms with Crippen LogP contribution in [-0.4, -0.2) is 35.7 Å². The van der Waals surface area contributed by atoms with Gasteiger partial charge < -0.3 is 15.2 Å². The maximum atomic E-state index is 13.1. The van der Waals surface area contributed by atoms with Gasteiger partial charge in [-0.3, -0.25) is 9.59 Å². The standard InChI is InChI=1S/C17H12ClF4N3O4/c18-10-5-6-12(26)9(7-10)8-23-25-15(28)14(27)24-11-3-1-2-4-13(11)29-17(21,22)16(19)20/h1-8,16,26H,(H,24,27)(H,25,28)/b23-8-. The zero-order valence-electron chi connectivity index (χ0n) is 14.2. The summed E-state index contributed by atoms with van der Waals surface area (Å²) < 4.78 is 54.7. The summed E-state index contributed by atoms with van der Waals surface area (Å²) in [6.45, 7) is 0. The topological polar surface area (TPSA) is 100 Å². The van der Waals surface area contributed by atoms with E-state index in [0.717, 1.165) is 18.3 Å². The molecule has 0 radical (unpaired) electrons. The minimum Gasteiger partial charge on any atom is -0.507 e. The lowest BCUT2D eigenvalue weighted by atomic mass is 10.2. The number of anilines is 1. The molecule has 3 N–H and O–H groups in total. The minimum absolute atomic E-state index is 0.145. The van der Waals surface area contributed by atoms with Crippen LogP contribution >= 0.6 is 11.6 Å². The van der Waals surface area contributed by atoms with Crippen LogP contribution in [0.2, 0.25) is 5.02 Å². The molecule has 154 valence electrons. The van der Waals surface area contributed by atoms with Gasteiger partial charge in [0.2, 0.25) is 0 Å². The fraction of sp³-hybridized carbons (Fsp3) is 0.118. The smallest absolute Gasteiger partial charge is 0.461 e. The number of ether oxygens (including phenoxy) is 1. The highest BCUT2D eigenvalue weighted by Crippen LogP contribution is 2.32. The third kappa shape index (κ3) is 6.07. The summed E-state index contributed by atoms with van der Waals surface area (Å²) in [5.41, 5.74) is 1.54. The number of amides is 2. The number of benzene rings is 2. The number of carbonyl (C=O) groups is 2. The second kappa shape index (κ2) is 9.24. The van der Waals surface area contributed by atoms with Crippen molar-refractivity contribution in [3.8, 4) is 11.5 Å². The van der Waals surface area contributed by atoms with Gasteiger partial charge >= 0.3 is 24.3 Å². The molecule has 0 saturated carbocycles. The van der Waals surface area contributed by atoms with E-state index in [-0.39, 0.29) is 16.3 Å². The number of hydrogen-bond donors (Lipinski definition) is 3. The van der Waals surface area contributed by atoms with Crippen molar-refractivity contribution < 1.29 is 37.0 Å². The quantitative estimate of drug-likeness (QED) is 0.281. The van der Waals surface area contributed by atoms with Crippen LogP contribution in [0, 0.1) is 0 Å². The van der Waals surface area contributed by atoms with Gasteiger partial charge in [0, 0.05) is 10.6 Å². The number of nitrogens with zero attached hydrogens (tertiary/aromatic N) is 1. The Bertz CT molecular complexity index is 941. The van der Waals surface area contributed by atoms with Crippen LogP contribution < -0.4 is 15.5 Å². The van der Waals surface area contributed by atoms with Crippen molar-refractivity contribution in [2.45, 2.75) is 12.5 Å². The first-order valence-electron chi connectivity index (χ1n) is 7.67. The minimum atomic E-state index is -4.80. The van der Waals surface area contributed by atoms with Crippen molar-refractivity contribution in [2.24, 2.45) is 5.10 Å². The van der Waals surface area contributed by atoms with Crippen LogP contribution in [0.25, 0.3) is 0 Å². The summed E-state index contributed by atoms with van der Waals surface area (Å²) in [5, 5.41) is 15.3. The summed E-state index contributed by atoms with van der Waals surface area (Å²) >= 11 is 5.74. The molecule has 0 atom stereocenters. The summed E-state index contributed by atoms with van der Waals surface area (Å²) in [5.74, 6) is -3.61. The van der Waals surface area contributed by atoms with Gasteiger partial charge in [0.05, 0.1) is 11.9 Å². The maximum absolute atomic E-state index is 13.1. The molecule has 2 amide bonds. The van der Waals surface area contributed by atoms with Gasteiger partial charge in [-0.15, -0.1) is 0 Å². The molecule has 2 aromatic carbocycles. The normalized spacial score (nSPS) is 11.5. The Labute approximate surface area is 165 Å². The Morgan fingerprint density at radius 3 is 2.55 bits per heavy atom. The Balaban J connectivity index is 2.04. The highest BCUT2D eigenvalue weighted by Gasteiger charge is 2.44. The Kier molecular flexibility index (Phi) is 6.99. The van der Waals surface area contributed by atoms with Gasteiger partial charge in [0.1, 0.15) is 11.5 Å². The van der Waals surface area contributed by atoms with E-state index in [2.05, 4.69) is 9.84 Å². The van der Waals surface area contributed by atoms with E-state index in [9.17, 15) is 32.3 Å². The lowest BCUT2D eigenvalue weighted by molar-refractivity contribution is -0.252. The largest absolute Gasteiger partial charge is 0.507 e. The van der Waals surface area contributed by atoms with E-state index >= 15 is 0 Å². The molecular weight excluding hydrogens is 422 g/mol. The van der Waals surface area contributed by atoms with Crippen LogP contribution in [0.5, 0.6) is 11.5 Å². The van der Waals surface area contributed by atoms with Gasteiger partial charge in [0.15, 0.2) is 0 Å². The van der Waals surface area contributed by atoms with Gasteiger partial charge in [-0.1, -0.05) is 23.7 Å². The van der Waals surface area contributed by atoms with E-state index in [4.69, 9.17) is 11.6 Å². The highest BCUT2D eigenvalue weighted by atomic mass is 35.5. The number of para-hydroxylation sites is 2. The van der Waals surface area contributed by atoms with E-state index in [1.54, 1.807) is 0 Å². The lowest BCUT2D eigenvalue weighted by Gasteiger charge is -2.19. The van der Waals surface area contributed by atoms with Gasteiger partial charge in [-0.2, -0.15) is 22.7 Å². The molecule has 2 aromatic rings. The molecule has 12 heteroatoms. The number of nitrogens with one attached hydrogen (secondary N) is 2. The molecular formula is C17H12ClF4N3O4. The molecule has 0 aliphatic heterocycles. The number of phenols is 1. The van der Waals surface area contributed by atoms with Gasteiger partial charge in [-0.05, 0) is 30.3 Å². The Morgan fingerprint density at radius 2 is 1.86 bits per heavy atom. The molecule has 0 spiro atoms. The van der Waals surface area contributed by atoms with Crippen LogP contribution in [0.15, 0.2) is 47.6 Å². The third-order valence-electron chi connectivity index (χ3n) is 3.20. The van der Waals surface area contributed by atoms with Crippen molar-refractivity contribution in [1.82, 2.24) is 5.43 Å². The van der Waals surface area contributed by atoms with E-state index in [1.165, 1.54) is 30.3 Å². The lowest BCUT2D eigenvalue weighted by Crippen LogP contribution is -2.35. The SMILES string of the molecule is O=C(N/N=C\c1cc(Cl)ccc1O)C(=O)Nc1ccccc1OC(F)(F)C(F)F. The number of halogens is 5. The van der Waals surface area contributed by atoms with Crippen LogP contribution in [0.4, 0.5) is 23.2 Å². The summed E-state index contributed by atoms with van der Waals surface area (Å²) in [7, 11) is 0. The third-order valence-corrected chi connectivity index (χ3v) is 3.44. The second-order valence-corrected chi connectivity index (χ2v) is 5.75. The summed E-state index contributed by atoms with van der Waals surface area (Å²) in [6.07, 6.45) is -7.90. The number of alkyl halides is 4. The molecule has 0 heterocycles. The summed E-state index contributed by atoms with van der Waals surface area (Å²) in [6, 6.07) is 8.50. The van der Waals surface area contributed by atoms with Crippen LogP contribution in [0.3, 0.4) is 0 Å². The fourth-order valence-corrected chi connectivity index (χ4v) is 2.05. The van der Waals surface area contributed by atoms with Crippen LogP contribution in [0.1, 0.15) is 5.56 Å². The maximum Gasteiger partial charge on any atom is 0.461 e. The van der Waals surface area contributed by atoms with Gasteiger partial charge in [-0.25, -0.2) is 5.43 Å². The molecule has 2 rings (SSSR count). The molecule has 0 unspecified atom stereocenters. The number of carbonyl (C=O) groups excluding carboxylic acids is 2. The van der Waals surface area contributed by atoms with Crippen molar-refractivity contribution in [2.75, 3.05) is 5.32 Å². The first-order chi connectivity index (χ1) is 13.6. The molecule has 0 saturated heterocycles. The summed E-state index contributed by atoms with van der Waals surface area (Å²) in [4.78, 5) is 23.6. The molecule has 29 heavy (non-hydrogen) atoms. The molecule has 0 fully saturated rings. The molecule has 0 aliphatic carbocycles. The van der Waals surface area contributed by atoms with Crippen molar-refractivity contribution in [3.63, 3.8) is 0 Å². The van der Waals surface area contributed by atoms with E-state index in [1.807, 2.05) is 10.7 Å². The monoisotopic (exact) mass is 433 g/mol. The molecule has 0 aliphatic rings. The predicted molar refractivity (Wildman–Crippen MR) is 95.5 cm³/mol. The number of aromatic hydroxyl groups is 1. The first-order valence-corrected chi connectivity index (χ1v) is 8.05. The van der Waals surface area contributed by atoms with Crippen LogP contribution in [-0.2, 0) is 9.59 Å². The average Bonchev–Trinajstić information content (AvgIpc) is 2.65. The Morgan fingerprint density at radius 1 is 1.17 bits per heavy atom. The van der Waals surface area contributed by atoms with E-state index in [0.29, 0.717) is 0 Å². The number of rotatable bonds is 6. The predicted octanol–water partition coefficient (Wildman–Crippen LogP) is 3.37. The number of hydrazone groups is 1.